The number of carbonyl (C=O) groups is 1. The van der Waals surface area contributed by atoms with Crippen LogP contribution in [0.25, 0.3) is 0 Å². The Balaban J connectivity index is 2.47. The van der Waals surface area contributed by atoms with E-state index in [4.69, 9.17) is 10.9 Å². The summed E-state index contributed by atoms with van der Waals surface area (Å²) in [6.07, 6.45) is 0.345. The summed E-state index contributed by atoms with van der Waals surface area (Å²) < 4.78 is 13.7. The molecule has 20 heavy (non-hydrogen) atoms. The van der Waals surface area contributed by atoms with E-state index in [1.54, 1.807) is 12.1 Å². The van der Waals surface area contributed by atoms with Crippen LogP contribution in [-0.4, -0.2) is 30.0 Å². The van der Waals surface area contributed by atoms with Crippen LogP contribution in [0, 0.1) is 5.82 Å². The minimum absolute atomic E-state index is 0.0391. The Morgan fingerprint density at radius 3 is 2.85 bits per heavy atom. The van der Waals surface area contributed by atoms with Crippen LogP contribution in [0.3, 0.4) is 0 Å². The SMILES string of the molecule is CCNC(=O)CCNCc1ccc(/C(N)=N/O)cc1F. The minimum Gasteiger partial charge on any atom is -0.409 e. The Labute approximate surface area is 116 Å². The predicted octanol–water partition coefficient (Wildman–Crippen LogP) is 0.536. The maximum absolute atomic E-state index is 13.7. The number of hydrogen-bond acceptors (Lipinski definition) is 4. The second-order valence-electron chi connectivity index (χ2n) is 4.17. The molecule has 0 bridgehead atoms. The van der Waals surface area contributed by atoms with Crippen molar-refractivity contribution in [1.82, 2.24) is 10.6 Å². The van der Waals surface area contributed by atoms with Crippen LogP contribution < -0.4 is 16.4 Å². The van der Waals surface area contributed by atoms with Gasteiger partial charge in [-0.15, -0.1) is 0 Å². The fourth-order valence-electron chi connectivity index (χ4n) is 1.62. The van der Waals surface area contributed by atoms with E-state index in [0.717, 1.165) is 0 Å². The minimum atomic E-state index is -0.445. The molecule has 0 aliphatic heterocycles. The van der Waals surface area contributed by atoms with E-state index >= 15 is 0 Å². The predicted molar refractivity (Wildman–Crippen MR) is 73.9 cm³/mol. The standard InChI is InChI=1S/C13H19FN4O2/c1-2-17-12(19)5-6-16-8-10-4-3-9(7-11(10)14)13(15)18-20/h3-4,7,16,20H,2,5-6,8H2,1H3,(H2,15,18)(H,17,19). The summed E-state index contributed by atoms with van der Waals surface area (Å²) in [5.41, 5.74) is 6.14. The third kappa shape index (κ3) is 4.85. The third-order valence-electron chi connectivity index (χ3n) is 2.67. The molecule has 0 aliphatic rings. The van der Waals surface area contributed by atoms with Gasteiger partial charge < -0.3 is 21.6 Å². The Hall–Kier alpha value is -2.15. The second-order valence-corrected chi connectivity index (χ2v) is 4.17. The van der Waals surface area contributed by atoms with Gasteiger partial charge in [0.15, 0.2) is 5.84 Å². The molecule has 1 aromatic carbocycles. The number of nitrogens with two attached hydrogens (primary N) is 1. The number of carbonyl (C=O) groups excluding carboxylic acids is 1. The third-order valence-corrected chi connectivity index (χ3v) is 2.67. The maximum atomic E-state index is 13.7. The van der Waals surface area contributed by atoms with Gasteiger partial charge in [0.05, 0.1) is 0 Å². The van der Waals surface area contributed by atoms with Gasteiger partial charge in [-0.05, 0) is 13.0 Å². The van der Waals surface area contributed by atoms with Crippen LogP contribution in [0.15, 0.2) is 23.4 Å². The lowest BCUT2D eigenvalue weighted by atomic mass is 10.1. The summed E-state index contributed by atoms with van der Waals surface area (Å²) in [5, 5.41) is 17.0. The van der Waals surface area contributed by atoms with E-state index in [-0.39, 0.29) is 11.7 Å². The maximum Gasteiger partial charge on any atom is 0.221 e. The number of amides is 1. The van der Waals surface area contributed by atoms with Gasteiger partial charge in [-0.3, -0.25) is 4.79 Å². The first-order valence-corrected chi connectivity index (χ1v) is 6.32. The molecular formula is C13H19FN4O2. The van der Waals surface area contributed by atoms with Gasteiger partial charge in [0.25, 0.3) is 0 Å². The van der Waals surface area contributed by atoms with Crippen LogP contribution >= 0.6 is 0 Å². The quantitative estimate of drug-likeness (QED) is 0.193. The normalized spacial score (nSPS) is 11.4. The number of oxime groups is 1. The zero-order valence-electron chi connectivity index (χ0n) is 11.3. The molecule has 0 atom stereocenters. The van der Waals surface area contributed by atoms with Gasteiger partial charge in [-0.25, -0.2) is 4.39 Å². The average molecular weight is 282 g/mol. The summed E-state index contributed by atoms with van der Waals surface area (Å²) in [6.45, 7) is 3.22. The molecule has 0 saturated heterocycles. The van der Waals surface area contributed by atoms with E-state index < -0.39 is 5.82 Å². The Morgan fingerprint density at radius 1 is 1.50 bits per heavy atom. The molecule has 0 saturated carbocycles. The number of rotatable bonds is 7. The largest absolute Gasteiger partial charge is 0.409 e. The highest BCUT2D eigenvalue weighted by Crippen LogP contribution is 2.10. The topological polar surface area (TPSA) is 99.7 Å². The van der Waals surface area contributed by atoms with Crippen molar-refractivity contribution in [2.24, 2.45) is 10.9 Å². The number of nitrogens with one attached hydrogen (secondary N) is 2. The Morgan fingerprint density at radius 2 is 2.25 bits per heavy atom. The van der Waals surface area contributed by atoms with E-state index in [9.17, 15) is 9.18 Å². The Bertz CT molecular complexity index is 491. The van der Waals surface area contributed by atoms with Gasteiger partial charge in [-0.1, -0.05) is 17.3 Å². The van der Waals surface area contributed by atoms with Crippen LogP contribution in [0.4, 0.5) is 4.39 Å². The molecule has 110 valence electrons. The zero-order valence-corrected chi connectivity index (χ0v) is 11.3. The first-order chi connectivity index (χ1) is 9.58. The second kappa shape index (κ2) is 8.11. The number of nitrogens with zero attached hydrogens (tertiary/aromatic N) is 1. The Kier molecular flexibility index (Phi) is 6.45. The summed E-state index contributed by atoms with van der Waals surface area (Å²) in [6, 6.07) is 4.33. The molecule has 0 spiro atoms. The van der Waals surface area contributed by atoms with E-state index in [1.807, 2.05) is 6.92 Å². The summed E-state index contributed by atoms with van der Waals surface area (Å²) in [4.78, 5) is 11.2. The first kappa shape index (κ1) is 15.9. The van der Waals surface area contributed by atoms with Crippen molar-refractivity contribution in [1.29, 1.82) is 0 Å². The molecule has 0 aromatic heterocycles. The molecule has 0 unspecified atom stereocenters. The van der Waals surface area contributed by atoms with E-state index in [2.05, 4.69) is 15.8 Å². The molecule has 7 heteroatoms. The smallest absolute Gasteiger partial charge is 0.221 e. The van der Waals surface area contributed by atoms with Crippen LogP contribution in [-0.2, 0) is 11.3 Å². The van der Waals surface area contributed by atoms with Crippen molar-refractivity contribution in [3.63, 3.8) is 0 Å². The number of amidine groups is 1. The number of halogens is 1. The molecule has 0 heterocycles. The lowest BCUT2D eigenvalue weighted by Gasteiger charge is -2.07. The molecule has 0 fully saturated rings. The molecule has 1 aromatic rings. The monoisotopic (exact) mass is 282 g/mol. The fourth-order valence-corrected chi connectivity index (χ4v) is 1.62. The molecule has 0 aliphatic carbocycles. The van der Waals surface area contributed by atoms with Crippen molar-refractivity contribution in [3.05, 3.63) is 35.1 Å². The van der Waals surface area contributed by atoms with Crippen molar-refractivity contribution >= 4 is 11.7 Å². The summed E-state index contributed by atoms with van der Waals surface area (Å²) in [5.74, 6) is -0.623. The van der Waals surface area contributed by atoms with Crippen molar-refractivity contribution in [2.75, 3.05) is 13.1 Å². The van der Waals surface area contributed by atoms with Gasteiger partial charge in [-0.2, -0.15) is 0 Å². The summed E-state index contributed by atoms with van der Waals surface area (Å²) >= 11 is 0. The zero-order chi connectivity index (χ0) is 15.0. The molecule has 1 amide bonds. The highest BCUT2D eigenvalue weighted by Gasteiger charge is 2.06. The van der Waals surface area contributed by atoms with Gasteiger partial charge in [0, 0.05) is 37.2 Å². The molecule has 6 nitrogen and oxygen atoms in total. The first-order valence-electron chi connectivity index (χ1n) is 6.32. The van der Waals surface area contributed by atoms with Crippen molar-refractivity contribution in [2.45, 2.75) is 19.9 Å². The van der Waals surface area contributed by atoms with E-state index in [1.165, 1.54) is 6.07 Å². The van der Waals surface area contributed by atoms with Gasteiger partial charge in [0.1, 0.15) is 5.82 Å². The lowest BCUT2D eigenvalue weighted by Crippen LogP contribution is -2.27. The molecule has 5 N–H and O–H groups in total. The van der Waals surface area contributed by atoms with Crippen LogP contribution in [0.5, 0.6) is 0 Å². The van der Waals surface area contributed by atoms with Crippen molar-refractivity contribution in [3.8, 4) is 0 Å². The summed E-state index contributed by atoms with van der Waals surface area (Å²) in [7, 11) is 0. The number of benzene rings is 1. The molecule has 0 radical (unpaired) electrons. The highest BCUT2D eigenvalue weighted by atomic mass is 19.1. The van der Waals surface area contributed by atoms with Crippen LogP contribution in [0.2, 0.25) is 0 Å². The van der Waals surface area contributed by atoms with E-state index in [0.29, 0.717) is 37.2 Å². The highest BCUT2D eigenvalue weighted by molar-refractivity contribution is 5.97. The van der Waals surface area contributed by atoms with Gasteiger partial charge >= 0.3 is 0 Å². The average Bonchev–Trinajstić information content (AvgIpc) is 2.44. The molecule has 1 rings (SSSR count). The van der Waals surface area contributed by atoms with Crippen molar-refractivity contribution < 1.29 is 14.4 Å². The lowest BCUT2D eigenvalue weighted by molar-refractivity contribution is -0.120. The number of hydrogen-bond donors (Lipinski definition) is 4. The fraction of sp³-hybridized carbons (Fsp3) is 0.385. The molecular weight excluding hydrogens is 263 g/mol. The van der Waals surface area contributed by atoms with Crippen LogP contribution in [0.1, 0.15) is 24.5 Å². The van der Waals surface area contributed by atoms with Gasteiger partial charge in [0.2, 0.25) is 5.91 Å².